The molecule has 1 unspecified atom stereocenters. The molecule has 2 rings (SSSR count). The first-order chi connectivity index (χ1) is 8.24. The highest BCUT2D eigenvalue weighted by Crippen LogP contribution is 2.45. The summed E-state index contributed by atoms with van der Waals surface area (Å²) >= 11 is 3.42. The molecule has 2 nitrogen and oxygen atoms in total. The zero-order valence-electron chi connectivity index (χ0n) is 10.8. The molecule has 1 aromatic rings. The van der Waals surface area contributed by atoms with E-state index in [4.69, 9.17) is 0 Å². The van der Waals surface area contributed by atoms with Crippen LogP contribution in [-0.2, 0) is 9.59 Å². The summed E-state index contributed by atoms with van der Waals surface area (Å²) in [4.78, 5) is 24.5. The molecule has 0 amide bonds. The van der Waals surface area contributed by atoms with Crippen LogP contribution in [0.3, 0.4) is 0 Å². The number of Topliss-reactive ketones (excluding diaryl/α,β-unsaturated/α-hetero) is 1. The van der Waals surface area contributed by atoms with Gasteiger partial charge in [0.1, 0.15) is 5.92 Å². The molecule has 18 heavy (non-hydrogen) atoms. The van der Waals surface area contributed by atoms with Gasteiger partial charge in [-0.25, -0.2) is 0 Å². The lowest BCUT2D eigenvalue weighted by Crippen LogP contribution is -2.26. The largest absolute Gasteiger partial charge is 0.297 e. The summed E-state index contributed by atoms with van der Waals surface area (Å²) in [5.41, 5.74) is 2.97. The lowest BCUT2D eigenvalue weighted by molar-refractivity contribution is -0.124. The first kappa shape index (κ1) is 14.1. The van der Waals surface area contributed by atoms with Gasteiger partial charge in [0.15, 0.2) is 5.78 Å². The van der Waals surface area contributed by atoms with Gasteiger partial charge in [-0.1, -0.05) is 11.8 Å². The Hall–Kier alpha value is -0.360. The number of rotatable bonds is 1. The number of hydrogen-bond acceptors (Lipinski definition) is 3. The average Bonchev–Trinajstić information content (AvgIpc) is 2.38. The highest BCUT2D eigenvalue weighted by Gasteiger charge is 2.49. The molecular formula is C14H15IO2S. The van der Waals surface area contributed by atoms with Crippen LogP contribution in [-0.4, -0.2) is 15.6 Å². The number of hydrogen-bond donors (Lipinski definition) is 0. The Morgan fingerprint density at radius 3 is 2.06 bits per heavy atom. The van der Waals surface area contributed by atoms with Crippen molar-refractivity contribution in [3.05, 3.63) is 32.4 Å². The number of ketones is 1. The molecular weight excluding hydrogens is 359 g/mol. The number of carbonyl (C=O) groups is 2. The van der Waals surface area contributed by atoms with Gasteiger partial charge in [-0.2, -0.15) is 0 Å². The fourth-order valence-electron chi connectivity index (χ4n) is 2.44. The van der Waals surface area contributed by atoms with Crippen LogP contribution < -0.4 is 0 Å². The standard InChI is InChI=1S/C14H15IO2S/c1-7-5-9(15)6-8(2)10(7)11-12(16)14(3,4)18-13(11)17/h5-6,11H,1-4H3. The number of thioether (sulfide) groups is 1. The molecule has 0 aromatic heterocycles. The van der Waals surface area contributed by atoms with Crippen LogP contribution in [0.1, 0.15) is 36.5 Å². The maximum absolute atomic E-state index is 12.4. The molecule has 0 spiro atoms. The Labute approximate surface area is 125 Å². The van der Waals surface area contributed by atoms with E-state index in [0.717, 1.165) is 20.3 Å². The van der Waals surface area contributed by atoms with Crippen molar-refractivity contribution in [3.8, 4) is 0 Å². The maximum Gasteiger partial charge on any atom is 0.204 e. The van der Waals surface area contributed by atoms with Crippen molar-refractivity contribution in [2.45, 2.75) is 38.4 Å². The van der Waals surface area contributed by atoms with Gasteiger partial charge in [0.05, 0.1) is 4.75 Å². The van der Waals surface area contributed by atoms with Gasteiger partial charge in [-0.05, 0) is 79.1 Å². The Bertz CT molecular complexity index is 526. The van der Waals surface area contributed by atoms with Gasteiger partial charge >= 0.3 is 0 Å². The fourth-order valence-corrected chi connectivity index (χ4v) is 4.44. The summed E-state index contributed by atoms with van der Waals surface area (Å²) in [6.07, 6.45) is 0. The van der Waals surface area contributed by atoms with Gasteiger partial charge in [-0.3, -0.25) is 9.59 Å². The third-order valence-corrected chi connectivity index (χ3v) is 5.07. The van der Waals surface area contributed by atoms with Crippen molar-refractivity contribution in [1.29, 1.82) is 0 Å². The quantitative estimate of drug-likeness (QED) is 0.556. The third-order valence-electron chi connectivity index (χ3n) is 3.29. The molecule has 1 fully saturated rings. The SMILES string of the molecule is Cc1cc(I)cc(C)c1C1C(=O)SC(C)(C)C1=O. The molecule has 96 valence electrons. The van der Waals surface area contributed by atoms with E-state index in [0.29, 0.717) is 0 Å². The van der Waals surface area contributed by atoms with E-state index in [1.54, 1.807) is 0 Å². The van der Waals surface area contributed by atoms with Crippen molar-refractivity contribution >= 4 is 45.3 Å². The van der Waals surface area contributed by atoms with Crippen LogP contribution in [0.2, 0.25) is 0 Å². The van der Waals surface area contributed by atoms with E-state index in [2.05, 4.69) is 22.6 Å². The van der Waals surface area contributed by atoms with Crippen molar-refractivity contribution in [2.75, 3.05) is 0 Å². The first-order valence-corrected chi connectivity index (χ1v) is 7.67. The molecule has 4 heteroatoms. The van der Waals surface area contributed by atoms with Crippen LogP contribution in [0.5, 0.6) is 0 Å². The fraction of sp³-hybridized carbons (Fsp3) is 0.429. The molecule has 1 saturated heterocycles. The van der Waals surface area contributed by atoms with Crippen molar-refractivity contribution in [2.24, 2.45) is 0 Å². The molecule has 0 N–H and O–H groups in total. The second kappa shape index (κ2) is 4.63. The van der Waals surface area contributed by atoms with Gasteiger partial charge in [0.25, 0.3) is 0 Å². The van der Waals surface area contributed by atoms with E-state index in [9.17, 15) is 9.59 Å². The van der Waals surface area contributed by atoms with Crippen LogP contribution in [0.4, 0.5) is 0 Å². The third kappa shape index (κ3) is 2.25. The van der Waals surface area contributed by atoms with E-state index in [-0.39, 0.29) is 10.9 Å². The number of benzene rings is 1. The summed E-state index contributed by atoms with van der Waals surface area (Å²) < 4.78 is 0.542. The normalized spacial score (nSPS) is 22.6. The lowest BCUT2D eigenvalue weighted by Gasteiger charge is -2.17. The molecule has 1 aliphatic heterocycles. The Kier molecular flexibility index (Phi) is 3.62. The summed E-state index contributed by atoms with van der Waals surface area (Å²) in [6, 6.07) is 4.05. The van der Waals surface area contributed by atoms with Crippen LogP contribution in [0.25, 0.3) is 0 Å². The number of aryl methyl sites for hydroxylation is 2. The monoisotopic (exact) mass is 374 g/mol. The molecule has 1 heterocycles. The highest BCUT2D eigenvalue weighted by molar-refractivity contribution is 14.1. The second-order valence-electron chi connectivity index (χ2n) is 5.18. The molecule has 1 aromatic carbocycles. The topological polar surface area (TPSA) is 34.1 Å². The summed E-state index contributed by atoms with van der Waals surface area (Å²) in [5, 5.41) is -0.0163. The zero-order valence-corrected chi connectivity index (χ0v) is 13.8. The van der Waals surface area contributed by atoms with Crippen molar-refractivity contribution < 1.29 is 9.59 Å². The van der Waals surface area contributed by atoms with Crippen LogP contribution >= 0.6 is 34.4 Å². The molecule has 1 aliphatic rings. The van der Waals surface area contributed by atoms with Gasteiger partial charge in [-0.15, -0.1) is 0 Å². The Morgan fingerprint density at radius 1 is 1.17 bits per heavy atom. The number of carbonyl (C=O) groups excluding carboxylic acids is 2. The minimum absolute atomic E-state index is 0.0163. The van der Waals surface area contributed by atoms with Crippen LogP contribution in [0, 0.1) is 17.4 Å². The predicted molar refractivity (Wildman–Crippen MR) is 83.1 cm³/mol. The van der Waals surface area contributed by atoms with Crippen molar-refractivity contribution in [1.82, 2.24) is 0 Å². The van der Waals surface area contributed by atoms with E-state index < -0.39 is 10.7 Å². The minimum Gasteiger partial charge on any atom is -0.297 e. The number of halogens is 1. The highest BCUT2D eigenvalue weighted by atomic mass is 127. The van der Waals surface area contributed by atoms with E-state index in [1.165, 1.54) is 11.8 Å². The molecule has 0 saturated carbocycles. The molecule has 1 atom stereocenters. The Balaban J connectivity index is 2.57. The molecule has 0 aliphatic carbocycles. The maximum atomic E-state index is 12.4. The smallest absolute Gasteiger partial charge is 0.204 e. The zero-order chi connectivity index (χ0) is 13.7. The van der Waals surface area contributed by atoms with Gasteiger partial charge in [0, 0.05) is 3.57 Å². The first-order valence-electron chi connectivity index (χ1n) is 5.78. The van der Waals surface area contributed by atoms with Crippen molar-refractivity contribution in [3.63, 3.8) is 0 Å². The average molecular weight is 374 g/mol. The summed E-state index contributed by atoms with van der Waals surface area (Å²) in [5.74, 6) is -0.549. The minimum atomic E-state index is -0.594. The van der Waals surface area contributed by atoms with E-state index in [1.807, 2.05) is 39.8 Å². The predicted octanol–water partition coefficient (Wildman–Crippen LogP) is 3.61. The van der Waals surface area contributed by atoms with Gasteiger partial charge < -0.3 is 0 Å². The lowest BCUT2D eigenvalue weighted by atomic mass is 9.85. The van der Waals surface area contributed by atoms with E-state index >= 15 is 0 Å². The van der Waals surface area contributed by atoms with Crippen LogP contribution in [0.15, 0.2) is 12.1 Å². The summed E-state index contributed by atoms with van der Waals surface area (Å²) in [7, 11) is 0. The second-order valence-corrected chi connectivity index (χ2v) is 8.05. The van der Waals surface area contributed by atoms with Gasteiger partial charge in [0.2, 0.25) is 5.12 Å². The molecule has 0 bridgehead atoms. The Morgan fingerprint density at radius 2 is 1.67 bits per heavy atom. The summed E-state index contributed by atoms with van der Waals surface area (Å²) in [6.45, 7) is 7.60. The molecule has 0 radical (unpaired) electrons.